The molecule has 0 spiro atoms. The Morgan fingerprint density at radius 3 is 2.17 bits per heavy atom. The van der Waals surface area contributed by atoms with Gasteiger partial charge in [-0.15, -0.1) is 0 Å². The summed E-state index contributed by atoms with van der Waals surface area (Å²) in [6.45, 7) is 0. The highest BCUT2D eigenvalue weighted by Gasteiger charge is 2.19. The van der Waals surface area contributed by atoms with Crippen molar-refractivity contribution < 1.29 is 20.1 Å². The SMILES string of the molecule is O=C(c1cccc(O)c1)[C@H](O)c1cccc(O)c1. The number of phenolic OH excluding ortho intramolecular Hbond substituents is 2. The van der Waals surface area contributed by atoms with Crippen LogP contribution in [-0.4, -0.2) is 21.1 Å². The van der Waals surface area contributed by atoms with Gasteiger partial charge in [-0.05, 0) is 29.8 Å². The van der Waals surface area contributed by atoms with Gasteiger partial charge in [-0.1, -0.05) is 24.3 Å². The van der Waals surface area contributed by atoms with Crippen molar-refractivity contribution in [3.63, 3.8) is 0 Å². The molecule has 0 radical (unpaired) electrons. The van der Waals surface area contributed by atoms with Gasteiger partial charge in [0.15, 0.2) is 5.78 Å². The monoisotopic (exact) mass is 244 g/mol. The maximum absolute atomic E-state index is 12.0. The normalized spacial score (nSPS) is 12.1. The standard InChI is InChI=1S/C14H12O4/c15-11-5-1-3-9(7-11)13(17)14(18)10-4-2-6-12(16)8-10/h1-8,13,15-17H/t13-/m1/s1. The summed E-state index contributed by atoms with van der Waals surface area (Å²) < 4.78 is 0. The molecule has 1 atom stereocenters. The molecule has 0 unspecified atom stereocenters. The molecule has 2 rings (SSSR count). The van der Waals surface area contributed by atoms with Crippen LogP contribution < -0.4 is 0 Å². The summed E-state index contributed by atoms with van der Waals surface area (Å²) in [5.41, 5.74) is 0.522. The second-order valence-corrected chi connectivity index (χ2v) is 3.91. The molecule has 0 saturated heterocycles. The van der Waals surface area contributed by atoms with Gasteiger partial charge in [0.05, 0.1) is 0 Å². The van der Waals surface area contributed by atoms with E-state index in [9.17, 15) is 20.1 Å². The predicted octanol–water partition coefficient (Wildman–Crippen LogP) is 2.01. The highest BCUT2D eigenvalue weighted by molar-refractivity contribution is 6.00. The van der Waals surface area contributed by atoms with Gasteiger partial charge in [0, 0.05) is 5.56 Å². The highest BCUT2D eigenvalue weighted by atomic mass is 16.3. The molecule has 0 saturated carbocycles. The van der Waals surface area contributed by atoms with Gasteiger partial charge in [0.1, 0.15) is 17.6 Å². The van der Waals surface area contributed by atoms with E-state index < -0.39 is 11.9 Å². The van der Waals surface area contributed by atoms with Gasteiger partial charge in [0.2, 0.25) is 0 Å². The molecule has 4 heteroatoms. The summed E-state index contributed by atoms with van der Waals surface area (Å²) in [4.78, 5) is 12.0. The molecule has 0 bridgehead atoms. The first-order valence-corrected chi connectivity index (χ1v) is 5.38. The number of carbonyl (C=O) groups is 1. The second kappa shape index (κ2) is 4.89. The third-order valence-electron chi connectivity index (χ3n) is 2.56. The van der Waals surface area contributed by atoms with Crippen molar-refractivity contribution in [2.75, 3.05) is 0 Å². The molecule has 0 heterocycles. The summed E-state index contributed by atoms with van der Waals surface area (Å²) in [7, 11) is 0. The van der Waals surface area contributed by atoms with Crippen molar-refractivity contribution in [3.8, 4) is 11.5 Å². The lowest BCUT2D eigenvalue weighted by atomic mass is 10.00. The fourth-order valence-electron chi connectivity index (χ4n) is 1.66. The summed E-state index contributed by atoms with van der Waals surface area (Å²) in [6, 6.07) is 11.6. The molecule has 2 aromatic carbocycles. The summed E-state index contributed by atoms with van der Waals surface area (Å²) in [6.07, 6.45) is -1.36. The molecular weight excluding hydrogens is 232 g/mol. The van der Waals surface area contributed by atoms with Crippen LogP contribution in [0.4, 0.5) is 0 Å². The quantitative estimate of drug-likeness (QED) is 0.722. The van der Waals surface area contributed by atoms with Crippen LogP contribution in [0.15, 0.2) is 48.5 Å². The number of phenols is 2. The fraction of sp³-hybridized carbons (Fsp3) is 0.0714. The van der Waals surface area contributed by atoms with E-state index in [0.717, 1.165) is 0 Å². The average Bonchev–Trinajstić information content (AvgIpc) is 2.37. The lowest BCUT2D eigenvalue weighted by Gasteiger charge is -2.10. The first-order chi connectivity index (χ1) is 8.58. The minimum absolute atomic E-state index is 0.0183. The number of Topliss-reactive ketones (excluding diaryl/α,β-unsaturated/α-hetero) is 1. The van der Waals surface area contributed by atoms with E-state index in [2.05, 4.69) is 0 Å². The Kier molecular flexibility index (Phi) is 3.30. The molecule has 0 aliphatic rings. The van der Waals surface area contributed by atoms with E-state index >= 15 is 0 Å². The van der Waals surface area contributed by atoms with Gasteiger partial charge < -0.3 is 15.3 Å². The molecule has 0 aliphatic heterocycles. The number of aliphatic hydroxyl groups is 1. The molecule has 4 nitrogen and oxygen atoms in total. The van der Waals surface area contributed by atoms with Crippen LogP contribution in [0.1, 0.15) is 22.0 Å². The molecule has 0 aromatic heterocycles. The van der Waals surface area contributed by atoms with Gasteiger partial charge in [0.25, 0.3) is 0 Å². The van der Waals surface area contributed by atoms with Crippen LogP contribution in [-0.2, 0) is 0 Å². The molecular formula is C14H12O4. The first-order valence-electron chi connectivity index (χ1n) is 5.38. The molecule has 18 heavy (non-hydrogen) atoms. The first kappa shape index (κ1) is 12.1. The number of carbonyl (C=O) groups excluding carboxylic acids is 1. The average molecular weight is 244 g/mol. The van der Waals surface area contributed by atoms with Crippen LogP contribution in [0.25, 0.3) is 0 Å². The third-order valence-corrected chi connectivity index (χ3v) is 2.56. The van der Waals surface area contributed by atoms with Crippen molar-refractivity contribution in [2.45, 2.75) is 6.10 Å². The number of aromatic hydroxyl groups is 2. The number of aliphatic hydroxyl groups excluding tert-OH is 1. The Morgan fingerprint density at radius 1 is 0.944 bits per heavy atom. The Morgan fingerprint density at radius 2 is 1.56 bits per heavy atom. The molecule has 0 aliphatic carbocycles. The third kappa shape index (κ3) is 2.49. The zero-order chi connectivity index (χ0) is 13.1. The van der Waals surface area contributed by atoms with Crippen molar-refractivity contribution in [3.05, 3.63) is 59.7 Å². The Balaban J connectivity index is 2.29. The van der Waals surface area contributed by atoms with Gasteiger partial charge >= 0.3 is 0 Å². The Hall–Kier alpha value is -2.33. The van der Waals surface area contributed by atoms with Gasteiger partial charge in [-0.3, -0.25) is 4.79 Å². The molecule has 3 N–H and O–H groups in total. The van der Waals surface area contributed by atoms with Gasteiger partial charge in [-0.25, -0.2) is 0 Å². The van der Waals surface area contributed by atoms with E-state index in [-0.39, 0.29) is 17.1 Å². The molecule has 0 fully saturated rings. The van der Waals surface area contributed by atoms with Crippen molar-refractivity contribution in [1.82, 2.24) is 0 Å². The minimum Gasteiger partial charge on any atom is -0.508 e. The lowest BCUT2D eigenvalue weighted by molar-refractivity contribution is 0.0747. The van der Waals surface area contributed by atoms with Crippen LogP contribution in [0.2, 0.25) is 0 Å². The number of hydrogen-bond donors (Lipinski definition) is 3. The van der Waals surface area contributed by atoms with Crippen molar-refractivity contribution in [1.29, 1.82) is 0 Å². The Labute approximate surface area is 104 Å². The van der Waals surface area contributed by atoms with E-state index in [0.29, 0.717) is 5.56 Å². The zero-order valence-corrected chi connectivity index (χ0v) is 9.45. The summed E-state index contributed by atoms with van der Waals surface area (Å²) in [5.74, 6) is -0.587. The van der Waals surface area contributed by atoms with Crippen LogP contribution in [0.3, 0.4) is 0 Å². The maximum Gasteiger partial charge on any atom is 0.195 e. The summed E-state index contributed by atoms with van der Waals surface area (Å²) in [5, 5.41) is 28.5. The van der Waals surface area contributed by atoms with Crippen LogP contribution in [0, 0.1) is 0 Å². The summed E-state index contributed by atoms with van der Waals surface area (Å²) >= 11 is 0. The smallest absolute Gasteiger partial charge is 0.195 e. The Bertz CT molecular complexity index is 578. The number of ketones is 1. The second-order valence-electron chi connectivity index (χ2n) is 3.91. The fourth-order valence-corrected chi connectivity index (χ4v) is 1.66. The number of hydrogen-bond acceptors (Lipinski definition) is 4. The molecule has 2 aromatic rings. The molecule has 0 amide bonds. The maximum atomic E-state index is 12.0. The zero-order valence-electron chi connectivity index (χ0n) is 9.45. The van der Waals surface area contributed by atoms with Crippen LogP contribution >= 0.6 is 0 Å². The van der Waals surface area contributed by atoms with E-state index in [1.807, 2.05) is 0 Å². The molecule has 92 valence electrons. The highest BCUT2D eigenvalue weighted by Crippen LogP contribution is 2.23. The van der Waals surface area contributed by atoms with Crippen LogP contribution in [0.5, 0.6) is 11.5 Å². The lowest BCUT2D eigenvalue weighted by Crippen LogP contribution is -2.12. The van der Waals surface area contributed by atoms with E-state index in [4.69, 9.17) is 0 Å². The van der Waals surface area contributed by atoms with Crippen molar-refractivity contribution in [2.24, 2.45) is 0 Å². The van der Waals surface area contributed by atoms with Gasteiger partial charge in [-0.2, -0.15) is 0 Å². The number of benzene rings is 2. The predicted molar refractivity (Wildman–Crippen MR) is 65.5 cm³/mol. The number of rotatable bonds is 3. The van der Waals surface area contributed by atoms with E-state index in [1.54, 1.807) is 12.1 Å². The topological polar surface area (TPSA) is 77.8 Å². The van der Waals surface area contributed by atoms with E-state index in [1.165, 1.54) is 36.4 Å². The largest absolute Gasteiger partial charge is 0.508 e. The van der Waals surface area contributed by atoms with Crippen molar-refractivity contribution >= 4 is 5.78 Å². The minimum atomic E-state index is -1.36.